The molecule has 0 spiro atoms. The van der Waals surface area contributed by atoms with Crippen LogP contribution in [-0.2, 0) is 4.79 Å². The Morgan fingerprint density at radius 2 is 1.45 bits per heavy atom. The molecule has 1 aliphatic heterocycles. The van der Waals surface area contributed by atoms with Crippen LogP contribution in [0.2, 0.25) is 0 Å². The van der Waals surface area contributed by atoms with E-state index in [9.17, 15) is 4.79 Å². The van der Waals surface area contributed by atoms with Crippen LogP contribution in [0.1, 0.15) is 38.3 Å². The number of ether oxygens (including phenoxy) is 1. The molecule has 156 valence electrons. The number of nitrogens with one attached hydrogen (secondary N) is 2. The molecule has 2 N–H and O–H groups in total. The van der Waals surface area contributed by atoms with Crippen LogP contribution in [-0.4, -0.2) is 5.78 Å². The van der Waals surface area contributed by atoms with Crippen LogP contribution in [0.15, 0.2) is 90.1 Å². The SMILES string of the molecule is CC1(C)CC(=O)C2=C(C1)Nc1ccccc1NC2c1ccc(Oc2ccccc2)cc1. The fourth-order valence-corrected chi connectivity index (χ4v) is 4.49. The number of fused-ring (bicyclic) bond motifs is 1. The van der Waals surface area contributed by atoms with Gasteiger partial charge in [-0.05, 0) is 53.8 Å². The molecule has 0 saturated carbocycles. The van der Waals surface area contributed by atoms with Crippen molar-refractivity contribution in [3.05, 3.63) is 95.7 Å². The van der Waals surface area contributed by atoms with Crippen LogP contribution < -0.4 is 15.4 Å². The monoisotopic (exact) mass is 410 g/mol. The van der Waals surface area contributed by atoms with E-state index in [0.717, 1.165) is 46.1 Å². The molecule has 3 aromatic carbocycles. The van der Waals surface area contributed by atoms with Gasteiger partial charge in [0.2, 0.25) is 0 Å². The molecule has 1 aliphatic carbocycles. The van der Waals surface area contributed by atoms with E-state index in [1.165, 1.54) is 0 Å². The van der Waals surface area contributed by atoms with Gasteiger partial charge in [-0.25, -0.2) is 0 Å². The summed E-state index contributed by atoms with van der Waals surface area (Å²) in [6.45, 7) is 4.32. The third-order valence-electron chi connectivity index (χ3n) is 5.91. The lowest BCUT2D eigenvalue weighted by Gasteiger charge is -2.34. The van der Waals surface area contributed by atoms with Crippen molar-refractivity contribution >= 4 is 17.2 Å². The Morgan fingerprint density at radius 3 is 2.19 bits per heavy atom. The molecule has 1 atom stereocenters. The molecular weight excluding hydrogens is 384 g/mol. The van der Waals surface area contributed by atoms with Crippen LogP contribution in [0.3, 0.4) is 0 Å². The van der Waals surface area contributed by atoms with Gasteiger partial charge in [-0.2, -0.15) is 0 Å². The average Bonchev–Trinajstić information content (AvgIpc) is 2.90. The Labute approximate surface area is 183 Å². The summed E-state index contributed by atoms with van der Waals surface area (Å²) < 4.78 is 5.94. The lowest BCUT2D eigenvalue weighted by molar-refractivity contribution is -0.118. The lowest BCUT2D eigenvalue weighted by Crippen LogP contribution is -2.31. The highest BCUT2D eigenvalue weighted by Gasteiger charge is 2.38. The van der Waals surface area contributed by atoms with Crippen molar-refractivity contribution in [1.29, 1.82) is 0 Å². The highest BCUT2D eigenvalue weighted by Crippen LogP contribution is 2.45. The van der Waals surface area contributed by atoms with E-state index < -0.39 is 0 Å². The number of carbonyl (C=O) groups excluding carboxylic acids is 1. The number of anilines is 2. The minimum atomic E-state index is -0.208. The van der Waals surface area contributed by atoms with Crippen LogP contribution in [0.5, 0.6) is 11.5 Å². The number of ketones is 1. The van der Waals surface area contributed by atoms with Gasteiger partial charge in [0.1, 0.15) is 11.5 Å². The zero-order chi connectivity index (χ0) is 21.4. The van der Waals surface area contributed by atoms with E-state index in [4.69, 9.17) is 4.74 Å². The second kappa shape index (κ2) is 7.62. The van der Waals surface area contributed by atoms with Crippen molar-refractivity contribution in [2.75, 3.05) is 10.6 Å². The summed E-state index contributed by atoms with van der Waals surface area (Å²) in [5.41, 5.74) is 4.85. The van der Waals surface area contributed by atoms with Crippen molar-refractivity contribution in [3.63, 3.8) is 0 Å². The van der Waals surface area contributed by atoms with Crippen molar-refractivity contribution in [3.8, 4) is 11.5 Å². The molecule has 0 fully saturated rings. The van der Waals surface area contributed by atoms with Crippen LogP contribution in [0.4, 0.5) is 11.4 Å². The third kappa shape index (κ3) is 3.93. The van der Waals surface area contributed by atoms with E-state index in [1.807, 2.05) is 66.7 Å². The van der Waals surface area contributed by atoms with Crippen molar-refractivity contribution in [2.24, 2.45) is 5.41 Å². The largest absolute Gasteiger partial charge is 0.457 e. The Bertz CT molecular complexity index is 1150. The number of para-hydroxylation sites is 3. The molecule has 4 nitrogen and oxygen atoms in total. The highest BCUT2D eigenvalue weighted by atomic mass is 16.5. The van der Waals surface area contributed by atoms with Gasteiger partial charge in [-0.15, -0.1) is 0 Å². The predicted molar refractivity (Wildman–Crippen MR) is 124 cm³/mol. The van der Waals surface area contributed by atoms with Crippen molar-refractivity contribution in [2.45, 2.75) is 32.7 Å². The van der Waals surface area contributed by atoms with Gasteiger partial charge in [0, 0.05) is 17.7 Å². The minimum Gasteiger partial charge on any atom is -0.457 e. The van der Waals surface area contributed by atoms with Gasteiger partial charge < -0.3 is 15.4 Å². The summed E-state index contributed by atoms with van der Waals surface area (Å²) in [7, 11) is 0. The highest BCUT2D eigenvalue weighted by molar-refractivity contribution is 6.01. The molecule has 0 saturated heterocycles. The second-order valence-corrected chi connectivity index (χ2v) is 9.07. The standard InChI is InChI=1S/C27H26N2O2/c1-27(2)16-23-25(24(30)17-27)26(29-22-11-7-6-10-21(22)28-23)18-12-14-20(15-13-18)31-19-8-4-3-5-9-19/h3-15,26,28-29H,16-17H2,1-2H3. The Kier molecular flexibility index (Phi) is 4.78. The summed E-state index contributed by atoms with van der Waals surface area (Å²) >= 11 is 0. The van der Waals surface area contributed by atoms with Gasteiger partial charge in [-0.1, -0.05) is 56.3 Å². The van der Waals surface area contributed by atoms with E-state index in [-0.39, 0.29) is 17.2 Å². The van der Waals surface area contributed by atoms with Crippen LogP contribution >= 0.6 is 0 Å². The van der Waals surface area contributed by atoms with Gasteiger partial charge in [0.15, 0.2) is 5.78 Å². The molecule has 0 amide bonds. The molecule has 31 heavy (non-hydrogen) atoms. The summed E-state index contributed by atoms with van der Waals surface area (Å²) in [5, 5.41) is 7.18. The molecule has 1 heterocycles. The average molecular weight is 411 g/mol. The van der Waals surface area contributed by atoms with Gasteiger partial charge in [0.25, 0.3) is 0 Å². The number of carbonyl (C=O) groups is 1. The molecule has 0 bridgehead atoms. The summed E-state index contributed by atoms with van der Waals surface area (Å²) in [4.78, 5) is 13.3. The summed E-state index contributed by atoms with van der Waals surface area (Å²) in [5.74, 6) is 1.77. The smallest absolute Gasteiger partial charge is 0.163 e. The number of hydrogen-bond acceptors (Lipinski definition) is 4. The first-order chi connectivity index (χ1) is 15.0. The zero-order valence-corrected chi connectivity index (χ0v) is 17.8. The normalized spacial score (nSPS) is 19.4. The first kappa shape index (κ1) is 19.4. The molecule has 2 aliphatic rings. The maximum Gasteiger partial charge on any atom is 0.163 e. The fraction of sp³-hybridized carbons (Fsp3) is 0.222. The van der Waals surface area contributed by atoms with Gasteiger partial charge in [-0.3, -0.25) is 4.79 Å². The van der Waals surface area contributed by atoms with Crippen LogP contribution in [0.25, 0.3) is 0 Å². The quantitative estimate of drug-likeness (QED) is 0.504. The number of Topliss-reactive ketones (excluding diaryl/α,β-unsaturated/α-hetero) is 1. The Hall–Kier alpha value is -3.53. The fourth-order valence-electron chi connectivity index (χ4n) is 4.49. The topological polar surface area (TPSA) is 50.4 Å². The van der Waals surface area contributed by atoms with Gasteiger partial charge >= 0.3 is 0 Å². The number of benzene rings is 3. The minimum absolute atomic E-state index is 0.0554. The number of rotatable bonds is 3. The predicted octanol–water partition coefficient (Wildman–Crippen LogP) is 6.70. The van der Waals surface area contributed by atoms with Crippen LogP contribution in [0, 0.1) is 5.41 Å². The third-order valence-corrected chi connectivity index (χ3v) is 5.91. The number of allylic oxidation sites excluding steroid dienone is 1. The molecule has 0 radical (unpaired) electrons. The molecule has 4 heteroatoms. The zero-order valence-electron chi connectivity index (χ0n) is 17.8. The first-order valence-electron chi connectivity index (χ1n) is 10.7. The van der Waals surface area contributed by atoms with E-state index in [0.29, 0.717) is 6.42 Å². The Balaban J connectivity index is 1.52. The molecule has 0 aromatic heterocycles. The molecule has 5 rings (SSSR count). The Morgan fingerprint density at radius 1 is 0.806 bits per heavy atom. The second-order valence-electron chi connectivity index (χ2n) is 9.07. The van der Waals surface area contributed by atoms with Gasteiger partial charge in [0.05, 0.1) is 17.4 Å². The number of hydrogen-bond donors (Lipinski definition) is 2. The first-order valence-corrected chi connectivity index (χ1v) is 10.7. The lowest BCUT2D eigenvalue weighted by atomic mass is 9.73. The molecule has 3 aromatic rings. The summed E-state index contributed by atoms with van der Waals surface area (Å²) in [6.07, 6.45) is 1.40. The van der Waals surface area contributed by atoms with E-state index in [2.05, 4.69) is 36.6 Å². The summed E-state index contributed by atoms with van der Waals surface area (Å²) in [6, 6.07) is 25.7. The maximum atomic E-state index is 13.3. The molecule has 1 unspecified atom stereocenters. The molecular formula is C27H26N2O2. The van der Waals surface area contributed by atoms with Crippen molar-refractivity contribution < 1.29 is 9.53 Å². The van der Waals surface area contributed by atoms with E-state index in [1.54, 1.807) is 0 Å². The maximum absolute atomic E-state index is 13.3. The van der Waals surface area contributed by atoms with Crippen molar-refractivity contribution in [1.82, 2.24) is 0 Å². The van der Waals surface area contributed by atoms with E-state index >= 15 is 0 Å².